The number of allylic oxidation sites excluding steroid dienone is 4. The van der Waals surface area contributed by atoms with E-state index in [-0.39, 0.29) is 0 Å². The average molecular weight is 449 g/mol. The van der Waals surface area contributed by atoms with Crippen LogP contribution in [0.25, 0.3) is 39.5 Å². The number of aryl methyl sites for hydroxylation is 2. The Kier molecular flexibility index (Phi) is 6.57. The summed E-state index contributed by atoms with van der Waals surface area (Å²) in [5.74, 6) is 1.90. The number of imidazole rings is 2. The topological polar surface area (TPSA) is 57.4 Å². The van der Waals surface area contributed by atoms with Crippen LogP contribution in [-0.4, -0.2) is 19.9 Å². The second-order valence-corrected chi connectivity index (χ2v) is 8.91. The molecule has 0 unspecified atom stereocenters. The molecule has 0 saturated heterocycles. The van der Waals surface area contributed by atoms with Crippen LogP contribution in [0.5, 0.6) is 0 Å². The van der Waals surface area contributed by atoms with E-state index < -0.39 is 0 Å². The summed E-state index contributed by atoms with van der Waals surface area (Å²) in [7, 11) is 0. The van der Waals surface area contributed by atoms with Gasteiger partial charge >= 0.3 is 0 Å². The lowest BCUT2D eigenvalue weighted by Crippen LogP contribution is -1.91. The Balaban J connectivity index is 1.56. The molecule has 1 aliphatic carbocycles. The summed E-state index contributed by atoms with van der Waals surface area (Å²) in [5.41, 5.74) is 9.04. The summed E-state index contributed by atoms with van der Waals surface area (Å²) in [6, 6.07) is 19.0. The van der Waals surface area contributed by atoms with Crippen molar-refractivity contribution in [2.75, 3.05) is 0 Å². The standard InChI is InChI=1S/C30H32N4/c1-3-12-25-27(33-29(31-25)21-14-7-5-8-15-21)23-18-11-19-24(20-23)28-26(13-4-2)32-30(34-28)22-16-9-6-10-17-22/h5,7-9,11,14-20H,3-4,6,10,12-13H2,1-2H3,(H,31,33)(H,32,34). The minimum atomic E-state index is 0.925. The van der Waals surface area contributed by atoms with Gasteiger partial charge in [-0.25, -0.2) is 9.97 Å². The van der Waals surface area contributed by atoms with Gasteiger partial charge in [-0.15, -0.1) is 0 Å². The van der Waals surface area contributed by atoms with E-state index in [1.807, 2.05) is 6.07 Å². The molecule has 0 atom stereocenters. The maximum absolute atomic E-state index is 5.07. The van der Waals surface area contributed by atoms with E-state index in [4.69, 9.17) is 9.97 Å². The number of hydrogen-bond donors (Lipinski definition) is 2. The van der Waals surface area contributed by atoms with E-state index in [9.17, 15) is 0 Å². The van der Waals surface area contributed by atoms with Crippen molar-refractivity contribution >= 4 is 5.57 Å². The summed E-state index contributed by atoms with van der Waals surface area (Å²) >= 11 is 0. The molecule has 0 saturated carbocycles. The fourth-order valence-electron chi connectivity index (χ4n) is 4.63. The van der Waals surface area contributed by atoms with Crippen LogP contribution in [0.1, 0.15) is 56.7 Å². The first-order valence-electron chi connectivity index (χ1n) is 12.5. The summed E-state index contributed by atoms with van der Waals surface area (Å²) in [6.45, 7) is 4.42. The van der Waals surface area contributed by atoms with Gasteiger partial charge in [0.25, 0.3) is 0 Å². The minimum Gasteiger partial charge on any atom is -0.341 e. The summed E-state index contributed by atoms with van der Waals surface area (Å²) in [4.78, 5) is 17.3. The highest BCUT2D eigenvalue weighted by Gasteiger charge is 2.17. The van der Waals surface area contributed by atoms with Crippen LogP contribution in [0.4, 0.5) is 0 Å². The number of H-pyrrole nitrogens is 2. The van der Waals surface area contributed by atoms with Crippen LogP contribution in [0.3, 0.4) is 0 Å². The van der Waals surface area contributed by atoms with Crippen molar-refractivity contribution < 1.29 is 0 Å². The molecule has 4 aromatic rings. The molecule has 0 fully saturated rings. The molecule has 4 nitrogen and oxygen atoms in total. The van der Waals surface area contributed by atoms with Crippen LogP contribution in [0.2, 0.25) is 0 Å². The van der Waals surface area contributed by atoms with Crippen LogP contribution < -0.4 is 0 Å². The first-order valence-corrected chi connectivity index (χ1v) is 12.5. The smallest absolute Gasteiger partial charge is 0.138 e. The summed E-state index contributed by atoms with van der Waals surface area (Å²) in [6.07, 6.45) is 13.0. The molecule has 172 valence electrons. The van der Waals surface area contributed by atoms with Crippen molar-refractivity contribution in [2.45, 2.75) is 52.4 Å². The Morgan fingerprint density at radius 2 is 1.32 bits per heavy atom. The quantitative estimate of drug-likeness (QED) is 0.289. The maximum atomic E-state index is 5.07. The molecule has 1 aliphatic rings. The molecule has 2 aromatic carbocycles. The zero-order valence-corrected chi connectivity index (χ0v) is 20.1. The van der Waals surface area contributed by atoms with E-state index >= 15 is 0 Å². The van der Waals surface area contributed by atoms with Crippen molar-refractivity contribution in [3.63, 3.8) is 0 Å². The van der Waals surface area contributed by atoms with Crippen molar-refractivity contribution in [2.24, 2.45) is 0 Å². The highest BCUT2D eigenvalue weighted by molar-refractivity contribution is 5.77. The molecule has 2 N–H and O–H groups in total. The number of aromatic amines is 2. The van der Waals surface area contributed by atoms with Gasteiger partial charge in [-0.1, -0.05) is 93.4 Å². The normalized spacial score (nSPS) is 13.3. The lowest BCUT2D eigenvalue weighted by molar-refractivity contribution is 0.892. The van der Waals surface area contributed by atoms with Gasteiger partial charge in [0.2, 0.25) is 0 Å². The van der Waals surface area contributed by atoms with Gasteiger partial charge in [0.1, 0.15) is 11.6 Å². The molecule has 0 spiro atoms. The SMILES string of the molecule is CCCc1[nH]c(C2=CCCC=C2)nc1-c1cccc(-c2nc(-c3ccccc3)[nH]c2CCC)c1. The summed E-state index contributed by atoms with van der Waals surface area (Å²) < 4.78 is 0. The molecule has 0 radical (unpaired) electrons. The molecular weight excluding hydrogens is 416 g/mol. The number of aromatic nitrogens is 4. The fourth-order valence-corrected chi connectivity index (χ4v) is 4.63. The molecule has 0 aliphatic heterocycles. The number of nitrogens with one attached hydrogen (secondary N) is 2. The average Bonchev–Trinajstić information content (AvgIpc) is 3.51. The Bertz CT molecular complexity index is 1320. The van der Waals surface area contributed by atoms with Gasteiger partial charge in [-0.05, 0) is 31.7 Å². The minimum absolute atomic E-state index is 0.925. The Morgan fingerprint density at radius 3 is 1.94 bits per heavy atom. The Hall–Kier alpha value is -3.66. The molecule has 5 rings (SSSR count). The highest BCUT2D eigenvalue weighted by Crippen LogP contribution is 2.32. The van der Waals surface area contributed by atoms with Gasteiger partial charge in [0.15, 0.2) is 0 Å². The molecular formula is C30H32N4. The van der Waals surface area contributed by atoms with Gasteiger partial charge in [0, 0.05) is 33.7 Å². The first-order chi connectivity index (χ1) is 16.8. The molecule has 2 heterocycles. The lowest BCUT2D eigenvalue weighted by Gasteiger charge is -2.06. The summed E-state index contributed by atoms with van der Waals surface area (Å²) in [5, 5.41) is 0. The van der Waals surface area contributed by atoms with Gasteiger partial charge in [-0.3, -0.25) is 0 Å². The van der Waals surface area contributed by atoms with Crippen molar-refractivity contribution in [1.82, 2.24) is 19.9 Å². The second kappa shape index (κ2) is 10.1. The number of hydrogen-bond acceptors (Lipinski definition) is 2. The maximum Gasteiger partial charge on any atom is 0.138 e. The fraction of sp³-hybridized carbons (Fsp3) is 0.267. The lowest BCUT2D eigenvalue weighted by atomic mass is 10.0. The largest absolute Gasteiger partial charge is 0.341 e. The Morgan fingerprint density at radius 1 is 0.706 bits per heavy atom. The zero-order chi connectivity index (χ0) is 23.3. The van der Waals surface area contributed by atoms with Crippen molar-refractivity contribution in [3.8, 4) is 33.9 Å². The highest BCUT2D eigenvalue weighted by atomic mass is 14.9. The molecule has 4 heteroatoms. The first kappa shape index (κ1) is 22.1. The number of benzene rings is 2. The van der Waals surface area contributed by atoms with Crippen LogP contribution in [-0.2, 0) is 12.8 Å². The Labute approximate surface area is 201 Å². The number of rotatable bonds is 8. The number of nitrogens with zero attached hydrogens (tertiary/aromatic N) is 2. The predicted molar refractivity (Wildman–Crippen MR) is 141 cm³/mol. The van der Waals surface area contributed by atoms with E-state index in [0.29, 0.717) is 0 Å². The van der Waals surface area contributed by atoms with Gasteiger partial charge in [-0.2, -0.15) is 0 Å². The molecule has 0 bridgehead atoms. The van der Waals surface area contributed by atoms with Crippen LogP contribution in [0, 0.1) is 0 Å². The van der Waals surface area contributed by atoms with E-state index in [2.05, 4.69) is 90.6 Å². The predicted octanol–water partition coefficient (Wildman–Crippen LogP) is 7.77. The zero-order valence-electron chi connectivity index (χ0n) is 20.1. The monoisotopic (exact) mass is 448 g/mol. The third-order valence-electron chi connectivity index (χ3n) is 6.28. The van der Waals surface area contributed by atoms with E-state index in [1.165, 1.54) is 17.0 Å². The van der Waals surface area contributed by atoms with Crippen molar-refractivity contribution in [1.29, 1.82) is 0 Å². The second-order valence-electron chi connectivity index (χ2n) is 8.91. The van der Waals surface area contributed by atoms with E-state index in [0.717, 1.165) is 78.3 Å². The third-order valence-corrected chi connectivity index (χ3v) is 6.28. The van der Waals surface area contributed by atoms with Crippen molar-refractivity contribution in [3.05, 3.63) is 90.0 Å². The molecule has 2 aromatic heterocycles. The molecule has 0 amide bonds. The van der Waals surface area contributed by atoms with Gasteiger partial charge < -0.3 is 9.97 Å². The van der Waals surface area contributed by atoms with Crippen LogP contribution in [0.15, 0.2) is 72.8 Å². The van der Waals surface area contributed by atoms with Crippen LogP contribution >= 0.6 is 0 Å². The van der Waals surface area contributed by atoms with E-state index in [1.54, 1.807) is 0 Å². The third kappa shape index (κ3) is 4.54. The molecule has 34 heavy (non-hydrogen) atoms. The van der Waals surface area contributed by atoms with Gasteiger partial charge in [0.05, 0.1) is 11.4 Å².